The summed E-state index contributed by atoms with van der Waals surface area (Å²) in [6.45, 7) is 6.98. The molecule has 0 fully saturated rings. The van der Waals surface area contributed by atoms with Gasteiger partial charge in [0.15, 0.2) is 5.82 Å². The van der Waals surface area contributed by atoms with Crippen molar-refractivity contribution in [3.05, 3.63) is 23.9 Å². The standard InChI is InChI=1S/C13H21N7/c1-5-6-14-13-15-7-9(2)11(18-13)17-10(3)12-19-16-8-20(12)4/h7-8,10H,5-6H2,1-4H3,(H2,14,15,17,18). The lowest BCUT2D eigenvalue weighted by Crippen LogP contribution is -2.15. The zero-order valence-corrected chi connectivity index (χ0v) is 12.4. The van der Waals surface area contributed by atoms with Gasteiger partial charge in [0.05, 0.1) is 6.04 Å². The number of anilines is 2. The molecule has 2 N–H and O–H groups in total. The highest BCUT2D eigenvalue weighted by molar-refractivity contribution is 5.47. The molecule has 7 heteroatoms. The Morgan fingerprint density at radius 1 is 1.40 bits per heavy atom. The van der Waals surface area contributed by atoms with Crippen molar-refractivity contribution in [3.63, 3.8) is 0 Å². The van der Waals surface area contributed by atoms with Crippen LogP contribution in [0.2, 0.25) is 0 Å². The van der Waals surface area contributed by atoms with Gasteiger partial charge in [-0.2, -0.15) is 4.98 Å². The van der Waals surface area contributed by atoms with E-state index in [1.807, 2.05) is 31.7 Å². The van der Waals surface area contributed by atoms with Crippen molar-refractivity contribution < 1.29 is 0 Å². The van der Waals surface area contributed by atoms with E-state index in [1.165, 1.54) is 0 Å². The predicted molar refractivity (Wildman–Crippen MR) is 78.6 cm³/mol. The third-order valence-corrected chi connectivity index (χ3v) is 2.99. The molecule has 0 radical (unpaired) electrons. The van der Waals surface area contributed by atoms with Gasteiger partial charge < -0.3 is 15.2 Å². The lowest BCUT2D eigenvalue weighted by atomic mass is 10.3. The molecule has 0 saturated heterocycles. The monoisotopic (exact) mass is 275 g/mol. The predicted octanol–water partition coefficient (Wildman–Crippen LogP) is 1.91. The normalized spacial score (nSPS) is 12.2. The second-order valence-corrected chi connectivity index (χ2v) is 4.82. The molecule has 20 heavy (non-hydrogen) atoms. The Bertz CT molecular complexity index is 564. The summed E-state index contributed by atoms with van der Waals surface area (Å²) in [5.74, 6) is 2.32. The number of nitrogens with zero attached hydrogens (tertiary/aromatic N) is 5. The van der Waals surface area contributed by atoms with Crippen LogP contribution in [0.15, 0.2) is 12.5 Å². The first kappa shape index (κ1) is 14.2. The van der Waals surface area contributed by atoms with Crippen molar-refractivity contribution >= 4 is 11.8 Å². The van der Waals surface area contributed by atoms with Crippen LogP contribution >= 0.6 is 0 Å². The van der Waals surface area contributed by atoms with E-state index in [2.05, 4.69) is 37.7 Å². The van der Waals surface area contributed by atoms with Gasteiger partial charge in [-0.1, -0.05) is 6.92 Å². The Balaban J connectivity index is 2.13. The molecule has 0 aliphatic heterocycles. The number of hydrogen-bond acceptors (Lipinski definition) is 6. The summed E-state index contributed by atoms with van der Waals surface area (Å²) in [7, 11) is 1.93. The van der Waals surface area contributed by atoms with E-state index >= 15 is 0 Å². The molecule has 0 spiro atoms. The second kappa shape index (κ2) is 6.31. The Hall–Kier alpha value is -2.18. The summed E-state index contributed by atoms with van der Waals surface area (Å²) in [5, 5.41) is 14.5. The molecule has 2 aromatic rings. The van der Waals surface area contributed by atoms with Crippen molar-refractivity contribution in [2.24, 2.45) is 7.05 Å². The fraction of sp³-hybridized carbons (Fsp3) is 0.538. The van der Waals surface area contributed by atoms with E-state index in [-0.39, 0.29) is 6.04 Å². The summed E-state index contributed by atoms with van der Waals surface area (Å²) < 4.78 is 1.89. The van der Waals surface area contributed by atoms with Gasteiger partial charge >= 0.3 is 0 Å². The first-order valence-electron chi connectivity index (χ1n) is 6.79. The van der Waals surface area contributed by atoms with E-state index < -0.39 is 0 Å². The molecule has 0 bridgehead atoms. The Morgan fingerprint density at radius 3 is 2.85 bits per heavy atom. The quantitative estimate of drug-likeness (QED) is 0.838. The average molecular weight is 275 g/mol. The van der Waals surface area contributed by atoms with Crippen LogP contribution < -0.4 is 10.6 Å². The topological polar surface area (TPSA) is 80.5 Å². The number of aryl methyl sites for hydroxylation is 2. The van der Waals surface area contributed by atoms with Gasteiger partial charge in [0.25, 0.3) is 0 Å². The van der Waals surface area contributed by atoms with Gasteiger partial charge in [-0.15, -0.1) is 10.2 Å². The minimum Gasteiger partial charge on any atom is -0.360 e. The van der Waals surface area contributed by atoms with Crippen LogP contribution in [-0.2, 0) is 7.05 Å². The zero-order chi connectivity index (χ0) is 14.5. The molecule has 2 rings (SSSR count). The van der Waals surface area contributed by atoms with Crippen LogP contribution in [0.4, 0.5) is 11.8 Å². The smallest absolute Gasteiger partial charge is 0.224 e. The molecule has 0 aliphatic rings. The SMILES string of the molecule is CCCNc1ncc(C)c(NC(C)c2nncn2C)n1. The largest absolute Gasteiger partial charge is 0.360 e. The molecule has 1 atom stereocenters. The molecule has 0 aliphatic carbocycles. The van der Waals surface area contributed by atoms with Crippen LogP contribution in [0.25, 0.3) is 0 Å². The molecule has 0 aromatic carbocycles. The summed E-state index contributed by atoms with van der Waals surface area (Å²) in [5.41, 5.74) is 1.00. The first-order valence-corrected chi connectivity index (χ1v) is 6.79. The van der Waals surface area contributed by atoms with Gasteiger partial charge in [-0.3, -0.25) is 0 Å². The Morgan fingerprint density at radius 2 is 2.20 bits per heavy atom. The van der Waals surface area contributed by atoms with Crippen LogP contribution in [-0.4, -0.2) is 31.3 Å². The summed E-state index contributed by atoms with van der Waals surface area (Å²) in [6.07, 6.45) is 4.54. The van der Waals surface area contributed by atoms with E-state index in [9.17, 15) is 0 Å². The van der Waals surface area contributed by atoms with Gasteiger partial charge in [-0.25, -0.2) is 4.98 Å². The van der Waals surface area contributed by atoms with E-state index in [4.69, 9.17) is 0 Å². The number of hydrogen-bond donors (Lipinski definition) is 2. The van der Waals surface area contributed by atoms with Gasteiger partial charge in [0.1, 0.15) is 12.1 Å². The molecule has 0 saturated carbocycles. The molecular weight excluding hydrogens is 254 g/mol. The van der Waals surface area contributed by atoms with Crippen LogP contribution in [0, 0.1) is 6.92 Å². The lowest BCUT2D eigenvalue weighted by molar-refractivity contribution is 0.715. The minimum absolute atomic E-state index is 0.0233. The maximum atomic E-state index is 4.50. The molecular formula is C13H21N7. The maximum Gasteiger partial charge on any atom is 0.224 e. The van der Waals surface area contributed by atoms with Crippen LogP contribution in [0.3, 0.4) is 0 Å². The number of rotatable bonds is 6. The maximum absolute atomic E-state index is 4.50. The molecule has 2 heterocycles. The van der Waals surface area contributed by atoms with Crippen molar-refractivity contribution in [2.75, 3.05) is 17.2 Å². The van der Waals surface area contributed by atoms with Gasteiger partial charge in [0.2, 0.25) is 5.95 Å². The fourth-order valence-corrected chi connectivity index (χ4v) is 1.86. The van der Waals surface area contributed by atoms with Crippen molar-refractivity contribution in [1.82, 2.24) is 24.7 Å². The Labute approximate surface area is 118 Å². The third kappa shape index (κ3) is 3.23. The number of aromatic nitrogens is 5. The first-order chi connectivity index (χ1) is 9.61. The lowest BCUT2D eigenvalue weighted by Gasteiger charge is -2.16. The van der Waals surface area contributed by atoms with Crippen LogP contribution in [0.5, 0.6) is 0 Å². The van der Waals surface area contributed by atoms with Crippen LogP contribution in [0.1, 0.15) is 37.7 Å². The van der Waals surface area contributed by atoms with E-state index in [0.29, 0.717) is 5.95 Å². The minimum atomic E-state index is 0.0233. The van der Waals surface area contributed by atoms with E-state index in [0.717, 1.165) is 30.2 Å². The van der Waals surface area contributed by atoms with E-state index in [1.54, 1.807) is 6.33 Å². The molecule has 2 aromatic heterocycles. The summed E-state index contributed by atoms with van der Waals surface area (Å²) in [4.78, 5) is 8.77. The average Bonchev–Trinajstić information content (AvgIpc) is 2.86. The third-order valence-electron chi connectivity index (χ3n) is 2.99. The zero-order valence-electron chi connectivity index (χ0n) is 12.4. The van der Waals surface area contributed by atoms with Gasteiger partial charge in [0, 0.05) is 25.4 Å². The summed E-state index contributed by atoms with van der Waals surface area (Å²) in [6, 6.07) is 0.0233. The Kier molecular flexibility index (Phi) is 4.49. The second-order valence-electron chi connectivity index (χ2n) is 4.82. The number of nitrogens with one attached hydrogen (secondary N) is 2. The highest BCUT2D eigenvalue weighted by atomic mass is 15.3. The molecule has 7 nitrogen and oxygen atoms in total. The molecule has 108 valence electrons. The molecule has 1 unspecified atom stereocenters. The molecule has 0 amide bonds. The van der Waals surface area contributed by atoms with Gasteiger partial charge in [-0.05, 0) is 20.3 Å². The highest BCUT2D eigenvalue weighted by Gasteiger charge is 2.13. The van der Waals surface area contributed by atoms with Crippen molar-refractivity contribution in [1.29, 1.82) is 0 Å². The highest BCUT2D eigenvalue weighted by Crippen LogP contribution is 2.19. The van der Waals surface area contributed by atoms with Crippen molar-refractivity contribution in [2.45, 2.75) is 33.2 Å². The summed E-state index contributed by atoms with van der Waals surface area (Å²) >= 11 is 0. The van der Waals surface area contributed by atoms with Crippen molar-refractivity contribution in [3.8, 4) is 0 Å². The fourth-order valence-electron chi connectivity index (χ4n) is 1.86.